The maximum atomic E-state index is 9.59. The zero-order valence-corrected chi connectivity index (χ0v) is 18.3. The van der Waals surface area contributed by atoms with E-state index < -0.39 is 0 Å². The summed E-state index contributed by atoms with van der Waals surface area (Å²) in [4.78, 5) is 11.1. The van der Waals surface area contributed by atoms with Gasteiger partial charge in [0.15, 0.2) is 11.6 Å². The minimum absolute atomic E-state index is 0.365. The third-order valence-electron chi connectivity index (χ3n) is 4.65. The lowest BCUT2D eigenvalue weighted by Crippen LogP contribution is -2.36. The lowest BCUT2D eigenvalue weighted by atomic mass is 10.2. The van der Waals surface area contributed by atoms with Crippen LogP contribution in [-0.2, 0) is 9.16 Å². The number of aromatic amines is 1. The molecule has 8 nitrogen and oxygen atoms in total. The van der Waals surface area contributed by atoms with Crippen molar-refractivity contribution in [2.24, 2.45) is 4.99 Å². The molecule has 2 aromatic heterocycles. The quantitative estimate of drug-likeness (QED) is 0.294. The molecule has 1 saturated heterocycles. The molecular weight excluding hydrogens is 493 g/mol. The molecule has 0 radical (unpaired) electrons. The molecule has 4 rings (SSSR count). The van der Waals surface area contributed by atoms with E-state index in [2.05, 4.69) is 65.1 Å². The number of hydrogen-bond donors (Lipinski definition) is 2. The van der Waals surface area contributed by atoms with Crippen LogP contribution >= 0.6 is 22.6 Å². The number of aliphatic imine (C=N–C) groups is 1. The summed E-state index contributed by atoms with van der Waals surface area (Å²) in [6.07, 6.45) is 3.44. The van der Waals surface area contributed by atoms with Crippen molar-refractivity contribution >= 4 is 51.9 Å². The van der Waals surface area contributed by atoms with Crippen molar-refractivity contribution in [3.63, 3.8) is 0 Å². The van der Waals surface area contributed by atoms with Crippen molar-refractivity contribution in [3.8, 4) is 6.07 Å². The number of morpholine rings is 1. The van der Waals surface area contributed by atoms with Gasteiger partial charge in [-0.25, -0.2) is 9.98 Å². The summed E-state index contributed by atoms with van der Waals surface area (Å²) in [5.74, 6) is 1.79. The molecule has 0 amide bonds. The first-order valence-corrected chi connectivity index (χ1v) is 11.0. The predicted molar refractivity (Wildman–Crippen MR) is 125 cm³/mol. The predicted octanol–water partition coefficient (Wildman–Crippen LogP) is 3.94. The first-order valence-electron chi connectivity index (χ1n) is 9.50. The molecule has 0 atom stereocenters. The van der Waals surface area contributed by atoms with E-state index in [1.54, 1.807) is 12.4 Å². The van der Waals surface area contributed by atoms with Crippen molar-refractivity contribution in [2.45, 2.75) is 4.43 Å². The van der Waals surface area contributed by atoms with Crippen LogP contribution in [0.4, 0.5) is 23.1 Å². The molecular formula is C21H20IN7O. The zero-order valence-electron chi connectivity index (χ0n) is 16.2. The molecule has 30 heavy (non-hydrogen) atoms. The summed E-state index contributed by atoms with van der Waals surface area (Å²) < 4.78 is 6.28. The lowest BCUT2D eigenvalue weighted by Gasteiger charge is -2.27. The number of hydrogen-bond acceptors (Lipinski definition) is 7. The first kappa shape index (κ1) is 20.3. The topological polar surface area (TPSA) is 102 Å². The van der Waals surface area contributed by atoms with Crippen LogP contribution in [0.2, 0.25) is 0 Å². The average Bonchev–Trinajstić information content (AvgIpc) is 3.20. The average molecular weight is 513 g/mol. The Labute approximate surface area is 188 Å². The number of aromatic nitrogens is 3. The van der Waals surface area contributed by atoms with Gasteiger partial charge in [0.05, 0.1) is 13.2 Å². The monoisotopic (exact) mass is 513 g/mol. The van der Waals surface area contributed by atoms with E-state index in [4.69, 9.17) is 4.74 Å². The number of H-pyrrole nitrogens is 1. The van der Waals surface area contributed by atoms with Gasteiger partial charge >= 0.3 is 0 Å². The number of anilines is 3. The second-order valence-electron chi connectivity index (χ2n) is 6.67. The van der Waals surface area contributed by atoms with Gasteiger partial charge in [0, 0.05) is 41.2 Å². The molecule has 1 aliphatic heterocycles. The fourth-order valence-corrected chi connectivity index (χ4v) is 3.56. The number of nitrogens with zero attached hydrogens (tertiary/aromatic N) is 5. The number of alkyl halides is 1. The Morgan fingerprint density at radius 3 is 2.90 bits per heavy atom. The van der Waals surface area contributed by atoms with Crippen LogP contribution in [-0.4, -0.2) is 47.7 Å². The highest BCUT2D eigenvalue weighted by molar-refractivity contribution is 14.1. The lowest BCUT2D eigenvalue weighted by molar-refractivity contribution is 0.122. The smallest absolute Gasteiger partial charge is 0.172 e. The Balaban J connectivity index is 1.48. The van der Waals surface area contributed by atoms with E-state index in [9.17, 15) is 5.26 Å². The third-order valence-corrected chi connectivity index (χ3v) is 5.53. The van der Waals surface area contributed by atoms with Gasteiger partial charge in [-0.15, -0.1) is 0 Å². The molecule has 0 bridgehead atoms. The highest BCUT2D eigenvalue weighted by Gasteiger charge is 2.13. The van der Waals surface area contributed by atoms with Crippen LogP contribution < -0.4 is 10.2 Å². The second-order valence-corrected chi connectivity index (χ2v) is 7.44. The van der Waals surface area contributed by atoms with E-state index >= 15 is 0 Å². The number of rotatable bonds is 6. The fourth-order valence-electron chi connectivity index (χ4n) is 3.08. The van der Waals surface area contributed by atoms with Gasteiger partial charge in [0.25, 0.3) is 0 Å². The van der Waals surface area contributed by atoms with Crippen molar-refractivity contribution in [2.75, 3.05) is 36.5 Å². The zero-order chi connectivity index (χ0) is 20.8. The van der Waals surface area contributed by atoms with E-state index in [0.29, 0.717) is 17.2 Å². The van der Waals surface area contributed by atoms with Crippen molar-refractivity contribution < 1.29 is 4.74 Å². The summed E-state index contributed by atoms with van der Waals surface area (Å²) in [6, 6.07) is 14.1. The number of nitrogens with one attached hydrogen (secondary N) is 2. The Hall–Kier alpha value is -2.97. The van der Waals surface area contributed by atoms with E-state index in [1.807, 2.05) is 30.3 Å². The Morgan fingerprint density at radius 2 is 2.17 bits per heavy atom. The molecule has 9 heteroatoms. The van der Waals surface area contributed by atoms with Gasteiger partial charge in [-0.1, -0.05) is 34.7 Å². The number of nitriles is 1. The number of halogens is 1. The van der Waals surface area contributed by atoms with Gasteiger partial charge in [-0.05, 0) is 29.8 Å². The fraction of sp³-hybridized carbons (Fsp3) is 0.238. The standard InChI is InChI=1S/C21H20IN7O/c22-11-15-2-1-3-17(10-15)26-21-18(12-23)20(27-28-21)25-14-16-4-5-19(24-13-16)29-6-8-30-9-7-29/h1-5,10,13-14H,6-9,11H2,(H2,26,27,28)/b25-14+. The van der Waals surface area contributed by atoms with E-state index in [-0.39, 0.29) is 0 Å². The highest BCUT2D eigenvalue weighted by atomic mass is 127. The molecule has 1 fully saturated rings. The molecule has 3 heterocycles. The highest BCUT2D eigenvalue weighted by Crippen LogP contribution is 2.26. The van der Waals surface area contributed by atoms with Crippen molar-refractivity contribution in [1.82, 2.24) is 15.2 Å². The van der Waals surface area contributed by atoms with Gasteiger partial charge in [-0.3, -0.25) is 5.10 Å². The van der Waals surface area contributed by atoms with Crippen LogP contribution in [0.5, 0.6) is 0 Å². The summed E-state index contributed by atoms with van der Waals surface area (Å²) in [5, 5.41) is 19.8. The van der Waals surface area contributed by atoms with Gasteiger partial charge in [0.2, 0.25) is 0 Å². The molecule has 0 saturated carbocycles. The third kappa shape index (κ3) is 4.77. The molecule has 0 aliphatic carbocycles. The maximum Gasteiger partial charge on any atom is 0.172 e. The molecule has 0 unspecified atom stereocenters. The number of ether oxygens (including phenoxy) is 1. The van der Waals surface area contributed by atoms with Crippen molar-refractivity contribution in [3.05, 3.63) is 59.3 Å². The van der Waals surface area contributed by atoms with Crippen molar-refractivity contribution in [1.29, 1.82) is 5.26 Å². The summed E-state index contributed by atoms with van der Waals surface area (Å²) in [5.41, 5.74) is 3.28. The molecule has 3 aromatic rings. The summed E-state index contributed by atoms with van der Waals surface area (Å²) in [7, 11) is 0. The molecule has 1 aliphatic rings. The second kappa shape index (κ2) is 9.69. The van der Waals surface area contributed by atoms with Crippen LogP contribution in [0, 0.1) is 11.3 Å². The van der Waals surface area contributed by atoms with Crippen LogP contribution in [0.25, 0.3) is 0 Å². The van der Waals surface area contributed by atoms with E-state index in [1.165, 1.54) is 5.56 Å². The summed E-state index contributed by atoms with van der Waals surface area (Å²) >= 11 is 2.32. The van der Waals surface area contributed by atoms with Gasteiger partial charge in [0.1, 0.15) is 17.5 Å². The molecule has 2 N–H and O–H groups in total. The van der Waals surface area contributed by atoms with Crippen LogP contribution in [0.1, 0.15) is 16.7 Å². The van der Waals surface area contributed by atoms with E-state index in [0.717, 1.165) is 47.8 Å². The maximum absolute atomic E-state index is 9.59. The minimum Gasteiger partial charge on any atom is -0.378 e. The Morgan fingerprint density at radius 1 is 1.30 bits per heavy atom. The van der Waals surface area contributed by atoms with Crippen LogP contribution in [0.15, 0.2) is 47.6 Å². The van der Waals surface area contributed by atoms with Gasteiger partial charge in [-0.2, -0.15) is 10.4 Å². The SMILES string of the molecule is N#Cc1c(Nc2cccc(CI)c2)n[nH]c1/N=C/c1ccc(N2CCOCC2)nc1. The van der Waals surface area contributed by atoms with Gasteiger partial charge < -0.3 is 15.0 Å². The molecule has 152 valence electrons. The number of benzene rings is 1. The summed E-state index contributed by atoms with van der Waals surface area (Å²) in [6.45, 7) is 3.13. The number of pyridine rings is 1. The van der Waals surface area contributed by atoms with Crippen LogP contribution in [0.3, 0.4) is 0 Å². The molecule has 0 spiro atoms. The molecule has 1 aromatic carbocycles. The Kier molecular flexibility index (Phi) is 6.56. The Bertz CT molecular complexity index is 1070. The normalized spacial score (nSPS) is 14.1. The minimum atomic E-state index is 0.365. The first-order chi connectivity index (χ1) is 14.8. The largest absolute Gasteiger partial charge is 0.378 e.